The van der Waals surface area contributed by atoms with Crippen molar-refractivity contribution in [3.63, 3.8) is 0 Å². The maximum atomic E-state index is 12.4. The molecule has 1 atom stereocenters. The second-order valence-corrected chi connectivity index (χ2v) is 6.16. The van der Waals surface area contributed by atoms with Crippen molar-refractivity contribution >= 4 is 0 Å². The average Bonchev–Trinajstić information content (AvgIpc) is 3.06. The van der Waals surface area contributed by atoms with E-state index in [0.29, 0.717) is 37.0 Å². The zero-order valence-electron chi connectivity index (χ0n) is 13.9. The molecule has 3 heterocycles. The minimum absolute atomic E-state index is 0.169. The molecule has 1 aromatic carbocycles. The number of benzene rings is 1. The average molecular weight is 337 g/mol. The third-order valence-corrected chi connectivity index (χ3v) is 4.45. The van der Waals surface area contributed by atoms with E-state index < -0.39 is 6.10 Å². The van der Waals surface area contributed by atoms with Crippen molar-refractivity contribution in [2.45, 2.75) is 32.7 Å². The summed E-state index contributed by atoms with van der Waals surface area (Å²) in [6.45, 7) is 3.42. The van der Waals surface area contributed by atoms with Crippen LogP contribution in [-0.4, -0.2) is 19.2 Å². The molecule has 1 unspecified atom stereocenters. The van der Waals surface area contributed by atoms with Gasteiger partial charge in [0.2, 0.25) is 5.43 Å². The number of pyridine rings is 1. The Morgan fingerprint density at radius 3 is 2.80 bits per heavy atom. The third kappa shape index (κ3) is 2.74. The second kappa shape index (κ2) is 6.22. The lowest BCUT2D eigenvalue weighted by Crippen LogP contribution is -2.23. The van der Waals surface area contributed by atoms with Gasteiger partial charge in [-0.3, -0.25) is 4.79 Å². The molecule has 4 rings (SSSR count). The highest BCUT2D eigenvalue weighted by Crippen LogP contribution is 2.32. The number of ether oxygens (including phenoxy) is 1. The fourth-order valence-electron chi connectivity index (χ4n) is 3.19. The molecule has 128 valence electrons. The summed E-state index contributed by atoms with van der Waals surface area (Å²) in [5.41, 5.74) is 2.23. The van der Waals surface area contributed by atoms with E-state index in [1.807, 2.05) is 39.5 Å². The number of aliphatic hydroxyl groups excluding tert-OH is 1. The molecule has 0 aliphatic carbocycles. The van der Waals surface area contributed by atoms with Crippen LogP contribution >= 0.6 is 0 Å². The van der Waals surface area contributed by atoms with Crippen molar-refractivity contribution in [3.8, 4) is 17.3 Å². The molecule has 0 fully saturated rings. The van der Waals surface area contributed by atoms with Crippen molar-refractivity contribution in [2.75, 3.05) is 0 Å². The molecule has 0 saturated carbocycles. The van der Waals surface area contributed by atoms with Crippen LogP contribution in [0.2, 0.25) is 0 Å². The van der Waals surface area contributed by atoms with Gasteiger partial charge in [-0.05, 0) is 12.5 Å². The van der Waals surface area contributed by atoms with Crippen LogP contribution in [0, 0.1) is 0 Å². The topological polar surface area (TPSA) is 69.3 Å². The van der Waals surface area contributed by atoms with E-state index in [0.717, 1.165) is 11.3 Å². The van der Waals surface area contributed by atoms with Gasteiger partial charge in [-0.1, -0.05) is 30.3 Å². The number of aryl methyl sites for hydroxylation is 1. The highest BCUT2D eigenvalue weighted by Gasteiger charge is 2.26. The molecule has 1 aliphatic rings. The summed E-state index contributed by atoms with van der Waals surface area (Å²) >= 11 is 0. The van der Waals surface area contributed by atoms with Gasteiger partial charge >= 0.3 is 0 Å². The Hall–Kier alpha value is -2.86. The Balaban J connectivity index is 1.77. The summed E-state index contributed by atoms with van der Waals surface area (Å²) in [4.78, 5) is 16.9. The lowest BCUT2D eigenvalue weighted by atomic mass is 10.2. The number of hydrogen-bond acceptors (Lipinski definition) is 4. The molecule has 0 amide bonds. The Morgan fingerprint density at radius 1 is 1.24 bits per heavy atom. The fourth-order valence-corrected chi connectivity index (χ4v) is 3.19. The van der Waals surface area contributed by atoms with Crippen LogP contribution in [0.4, 0.5) is 0 Å². The minimum atomic E-state index is -0.614. The van der Waals surface area contributed by atoms with Gasteiger partial charge in [0.1, 0.15) is 12.3 Å². The molecule has 1 aliphatic heterocycles. The third-order valence-electron chi connectivity index (χ3n) is 4.45. The lowest BCUT2D eigenvalue weighted by Gasteiger charge is -2.24. The van der Waals surface area contributed by atoms with Crippen LogP contribution in [-0.2, 0) is 19.7 Å². The van der Waals surface area contributed by atoms with Crippen LogP contribution < -0.4 is 10.2 Å². The van der Waals surface area contributed by atoms with E-state index >= 15 is 0 Å². The first-order valence-corrected chi connectivity index (χ1v) is 8.29. The van der Waals surface area contributed by atoms with Crippen molar-refractivity contribution in [1.82, 2.24) is 14.1 Å². The number of rotatable bonds is 4. The van der Waals surface area contributed by atoms with E-state index in [1.54, 1.807) is 19.3 Å². The molecular weight excluding hydrogens is 318 g/mol. The Bertz CT molecular complexity index is 958. The predicted molar refractivity (Wildman–Crippen MR) is 93.3 cm³/mol. The van der Waals surface area contributed by atoms with Gasteiger partial charge in [0.25, 0.3) is 0 Å². The SMILES string of the molecule is CC(O)c1cnc2n1CCn1ccc(=O)c(OCc3ccccc3)c1-2. The highest BCUT2D eigenvalue weighted by atomic mass is 16.5. The van der Waals surface area contributed by atoms with Gasteiger partial charge in [0.15, 0.2) is 11.6 Å². The van der Waals surface area contributed by atoms with Crippen molar-refractivity contribution in [3.05, 3.63) is 70.3 Å². The summed E-state index contributed by atoms with van der Waals surface area (Å²) in [6.07, 6.45) is 2.82. The van der Waals surface area contributed by atoms with Crippen LogP contribution in [0.5, 0.6) is 5.75 Å². The van der Waals surface area contributed by atoms with Crippen molar-refractivity contribution < 1.29 is 9.84 Å². The van der Waals surface area contributed by atoms with Crippen LogP contribution in [0.1, 0.15) is 24.3 Å². The number of imidazole rings is 1. The van der Waals surface area contributed by atoms with Gasteiger partial charge < -0.3 is 19.0 Å². The number of aromatic nitrogens is 3. The largest absolute Gasteiger partial charge is 0.483 e. The molecule has 1 N–H and O–H groups in total. The van der Waals surface area contributed by atoms with Crippen LogP contribution in [0.25, 0.3) is 11.5 Å². The van der Waals surface area contributed by atoms with Gasteiger partial charge in [-0.25, -0.2) is 4.98 Å². The quantitative estimate of drug-likeness (QED) is 0.793. The van der Waals surface area contributed by atoms with Gasteiger partial charge in [0.05, 0.1) is 18.0 Å². The Kier molecular flexibility index (Phi) is 3.89. The van der Waals surface area contributed by atoms with Gasteiger partial charge in [-0.2, -0.15) is 0 Å². The Morgan fingerprint density at radius 2 is 2.04 bits per heavy atom. The fraction of sp³-hybridized carbons (Fsp3) is 0.263. The van der Waals surface area contributed by atoms with Crippen molar-refractivity contribution in [2.24, 2.45) is 0 Å². The van der Waals surface area contributed by atoms with E-state index in [4.69, 9.17) is 4.74 Å². The first-order chi connectivity index (χ1) is 12.1. The van der Waals surface area contributed by atoms with E-state index in [-0.39, 0.29) is 5.43 Å². The van der Waals surface area contributed by atoms with Gasteiger partial charge in [-0.15, -0.1) is 0 Å². The normalized spacial score (nSPS) is 13.8. The zero-order chi connectivity index (χ0) is 17.4. The molecule has 6 heteroatoms. The van der Waals surface area contributed by atoms with Gasteiger partial charge in [0, 0.05) is 25.4 Å². The van der Waals surface area contributed by atoms with Crippen LogP contribution in [0.3, 0.4) is 0 Å². The van der Waals surface area contributed by atoms with E-state index in [1.165, 1.54) is 6.07 Å². The first-order valence-electron chi connectivity index (χ1n) is 8.29. The molecule has 3 aromatic rings. The predicted octanol–water partition coefficient (Wildman–Crippen LogP) is 2.36. The first kappa shape index (κ1) is 15.7. The maximum Gasteiger partial charge on any atom is 0.224 e. The number of hydrogen-bond donors (Lipinski definition) is 1. The van der Waals surface area contributed by atoms with Crippen LogP contribution in [0.15, 0.2) is 53.6 Å². The Labute approximate surface area is 145 Å². The minimum Gasteiger partial charge on any atom is -0.483 e. The standard InChI is InChI=1S/C19H19N3O3/c1-13(23)15-11-20-19-17-18(25-12-14-5-3-2-4-6-14)16(24)7-8-21(17)9-10-22(15)19/h2-8,11,13,23H,9-10,12H2,1H3. The number of aliphatic hydroxyl groups is 1. The summed E-state index contributed by atoms with van der Waals surface area (Å²) in [5, 5.41) is 9.93. The number of fused-ring (bicyclic) bond motifs is 3. The van der Waals surface area contributed by atoms with Crippen molar-refractivity contribution in [1.29, 1.82) is 0 Å². The second-order valence-electron chi connectivity index (χ2n) is 6.16. The summed E-state index contributed by atoms with van der Waals surface area (Å²) < 4.78 is 9.83. The summed E-state index contributed by atoms with van der Waals surface area (Å²) in [6, 6.07) is 11.3. The molecule has 0 radical (unpaired) electrons. The molecule has 2 aromatic heterocycles. The zero-order valence-corrected chi connectivity index (χ0v) is 13.9. The lowest BCUT2D eigenvalue weighted by molar-refractivity contribution is 0.188. The summed E-state index contributed by atoms with van der Waals surface area (Å²) in [7, 11) is 0. The smallest absolute Gasteiger partial charge is 0.224 e. The molecule has 0 saturated heterocycles. The monoisotopic (exact) mass is 337 g/mol. The van der Waals surface area contributed by atoms with E-state index in [2.05, 4.69) is 4.98 Å². The highest BCUT2D eigenvalue weighted by molar-refractivity contribution is 5.61. The molecular formula is C19H19N3O3. The molecule has 6 nitrogen and oxygen atoms in total. The molecule has 25 heavy (non-hydrogen) atoms. The summed E-state index contributed by atoms with van der Waals surface area (Å²) in [5.74, 6) is 0.956. The van der Waals surface area contributed by atoms with E-state index in [9.17, 15) is 9.90 Å². The molecule has 0 bridgehead atoms. The number of nitrogens with zero attached hydrogens (tertiary/aromatic N) is 3. The molecule has 0 spiro atoms. The maximum absolute atomic E-state index is 12.4.